The Morgan fingerprint density at radius 2 is 1.82 bits per heavy atom. The second kappa shape index (κ2) is 7.73. The van der Waals surface area contributed by atoms with Crippen LogP contribution >= 0.6 is 0 Å². The van der Waals surface area contributed by atoms with Crippen molar-refractivity contribution in [1.29, 1.82) is 0 Å². The van der Waals surface area contributed by atoms with E-state index in [1.807, 2.05) is 48.4 Å². The Morgan fingerprint density at radius 1 is 1.06 bits per heavy atom. The first-order valence-corrected chi connectivity index (χ1v) is 11.2. The fourth-order valence-corrected chi connectivity index (χ4v) is 4.46. The minimum Gasteiger partial charge on any atom is -0.456 e. The summed E-state index contributed by atoms with van der Waals surface area (Å²) in [7, 11) is 0. The lowest BCUT2D eigenvalue weighted by atomic mass is 10.0. The topological polar surface area (TPSA) is 68.3 Å². The molecule has 0 saturated carbocycles. The molecular formula is C27H27N3O3. The average Bonchev–Trinajstić information content (AvgIpc) is 3.23. The van der Waals surface area contributed by atoms with Crippen LogP contribution in [-0.2, 0) is 18.5 Å². The highest BCUT2D eigenvalue weighted by Gasteiger charge is 2.28. The third kappa shape index (κ3) is 3.86. The van der Waals surface area contributed by atoms with Gasteiger partial charge in [-0.3, -0.25) is 14.3 Å². The second-order valence-corrected chi connectivity index (χ2v) is 9.73. The van der Waals surface area contributed by atoms with E-state index < -0.39 is 0 Å². The predicted molar refractivity (Wildman–Crippen MR) is 128 cm³/mol. The van der Waals surface area contributed by atoms with E-state index in [2.05, 4.69) is 30.6 Å². The maximum Gasteiger partial charge on any atom is 0.254 e. The number of carbonyl (C=O) groups is 1. The fraction of sp³-hybridized carbons (Fsp3) is 0.296. The maximum absolute atomic E-state index is 13.1. The summed E-state index contributed by atoms with van der Waals surface area (Å²) in [5.74, 6) is 0.485. The molecule has 33 heavy (non-hydrogen) atoms. The number of aryl methyl sites for hydroxylation is 1. The van der Waals surface area contributed by atoms with Gasteiger partial charge in [0.1, 0.15) is 11.3 Å². The van der Waals surface area contributed by atoms with Gasteiger partial charge in [0.15, 0.2) is 5.43 Å². The van der Waals surface area contributed by atoms with Crippen LogP contribution in [0, 0.1) is 6.92 Å². The molecular weight excluding hydrogens is 414 g/mol. The van der Waals surface area contributed by atoms with Crippen molar-refractivity contribution >= 4 is 16.9 Å². The molecule has 1 aliphatic rings. The summed E-state index contributed by atoms with van der Waals surface area (Å²) in [4.78, 5) is 27.6. The van der Waals surface area contributed by atoms with Crippen LogP contribution in [-0.4, -0.2) is 27.1 Å². The summed E-state index contributed by atoms with van der Waals surface area (Å²) in [6.07, 6.45) is 2.67. The van der Waals surface area contributed by atoms with Crippen molar-refractivity contribution in [1.82, 2.24) is 14.7 Å². The molecule has 1 amide bonds. The van der Waals surface area contributed by atoms with E-state index in [0.717, 1.165) is 23.1 Å². The third-order valence-corrected chi connectivity index (χ3v) is 6.16. The summed E-state index contributed by atoms with van der Waals surface area (Å²) < 4.78 is 8.03. The van der Waals surface area contributed by atoms with E-state index >= 15 is 0 Å². The van der Waals surface area contributed by atoms with Crippen molar-refractivity contribution in [2.45, 2.75) is 46.2 Å². The smallest absolute Gasteiger partial charge is 0.254 e. The Bertz CT molecular complexity index is 1420. The van der Waals surface area contributed by atoms with Gasteiger partial charge in [-0.15, -0.1) is 0 Å². The van der Waals surface area contributed by atoms with Crippen molar-refractivity contribution < 1.29 is 9.21 Å². The van der Waals surface area contributed by atoms with E-state index in [-0.39, 0.29) is 16.9 Å². The van der Waals surface area contributed by atoms with Crippen LogP contribution in [0.1, 0.15) is 48.0 Å². The van der Waals surface area contributed by atoms with Crippen molar-refractivity contribution in [3.63, 3.8) is 0 Å². The van der Waals surface area contributed by atoms with Gasteiger partial charge in [0.05, 0.1) is 17.1 Å². The average molecular weight is 442 g/mol. The molecule has 168 valence electrons. The highest BCUT2D eigenvalue weighted by molar-refractivity contribution is 5.94. The standard InChI is InChI=1S/C27H27N3O3/c1-17-5-10-24-21(13-17)23(31)14-25(33-24)18-6-8-19(9-7-18)26(32)29-12-11-22-20(16-29)15-28-30(22)27(2,3)4/h5-10,13-15H,11-12,16H2,1-4H3. The molecule has 0 bridgehead atoms. The van der Waals surface area contributed by atoms with Crippen LogP contribution in [0.4, 0.5) is 0 Å². The molecule has 0 atom stereocenters. The Morgan fingerprint density at radius 3 is 2.55 bits per heavy atom. The first kappa shape index (κ1) is 21.2. The molecule has 0 spiro atoms. The largest absolute Gasteiger partial charge is 0.456 e. The number of nitrogens with zero attached hydrogens (tertiary/aromatic N) is 3. The number of hydrogen-bond donors (Lipinski definition) is 0. The predicted octanol–water partition coefficient (Wildman–Crippen LogP) is 4.92. The molecule has 5 rings (SSSR count). The molecule has 6 nitrogen and oxygen atoms in total. The number of amides is 1. The van der Waals surface area contributed by atoms with Crippen LogP contribution in [0.2, 0.25) is 0 Å². The minimum absolute atomic E-state index is 0.00820. The van der Waals surface area contributed by atoms with Gasteiger partial charge in [-0.1, -0.05) is 23.8 Å². The molecule has 2 aromatic carbocycles. The van der Waals surface area contributed by atoms with Gasteiger partial charge >= 0.3 is 0 Å². The van der Waals surface area contributed by atoms with Crippen LogP contribution < -0.4 is 5.43 Å². The van der Waals surface area contributed by atoms with Crippen molar-refractivity contribution in [3.8, 4) is 11.3 Å². The van der Waals surface area contributed by atoms with Gasteiger partial charge in [0, 0.05) is 48.0 Å². The molecule has 0 saturated heterocycles. The van der Waals surface area contributed by atoms with E-state index in [0.29, 0.717) is 35.4 Å². The molecule has 0 unspecified atom stereocenters. The molecule has 0 aliphatic carbocycles. The van der Waals surface area contributed by atoms with E-state index in [1.165, 1.54) is 11.8 Å². The molecule has 4 aromatic rings. The van der Waals surface area contributed by atoms with E-state index in [4.69, 9.17) is 4.42 Å². The summed E-state index contributed by atoms with van der Waals surface area (Å²) in [5, 5.41) is 5.13. The lowest BCUT2D eigenvalue weighted by Gasteiger charge is -2.30. The number of fused-ring (bicyclic) bond motifs is 2. The first-order valence-electron chi connectivity index (χ1n) is 11.2. The van der Waals surface area contributed by atoms with Crippen LogP contribution in [0.25, 0.3) is 22.3 Å². The number of aromatic nitrogens is 2. The summed E-state index contributed by atoms with van der Waals surface area (Å²) in [5.41, 5.74) is 5.12. The van der Waals surface area contributed by atoms with Crippen molar-refractivity contribution in [2.24, 2.45) is 0 Å². The first-order chi connectivity index (χ1) is 15.7. The Labute approximate surface area is 192 Å². The SMILES string of the molecule is Cc1ccc2oc(-c3ccc(C(=O)N4CCc5c(cnn5C(C)(C)C)C4)cc3)cc(=O)c2c1. The monoisotopic (exact) mass is 441 g/mol. The number of benzene rings is 2. The molecule has 0 N–H and O–H groups in total. The van der Waals surface area contributed by atoms with E-state index in [9.17, 15) is 9.59 Å². The number of hydrogen-bond acceptors (Lipinski definition) is 4. The molecule has 0 radical (unpaired) electrons. The maximum atomic E-state index is 13.1. The minimum atomic E-state index is -0.0772. The van der Waals surface area contributed by atoms with Gasteiger partial charge in [0.2, 0.25) is 0 Å². The molecule has 1 aliphatic heterocycles. The third-order valence-electron chi connectivity index (χ3n) is 6.16. The van der Waals surface area contributed by atoms with Gasteiger partial charge in [-0.05, 0) is 52.0 Å². The van der Waals surface area contributed by atoms with Gasteiger partial charge in [-0.2, -0.15) is 5.10 Å². The zero-order chi connectivity index (χ0) is 23.3. The molecule has 0 fully saturated rings. The molecule has 2 aromatic heterocycles. The number of carbonyl (C=O) groups excluding carboxylic acids is 1. The van der Waals surface area contributed by atoms with Gasteiger partial charge in [-0.25, -0.2) is 0 Å². The summed E-state index contributed by atoms with van der Waals surface area (Å²) in [6, 6.07) is 14.3. The summed E-state index contributed by atoms with van der Waals surface area (Å²) >= 11 is 0. The molecule has 6 heteroatoms. The highest BCUT2D eigenvalue weighted by Crippen LogP contribution is 2.27. The summed E-state index contributed by atoms with van der Waals surface area (Å²) in [6.45, 7) is 9.58. The lowest BCUT2D eigenvalue weighted by Crippen LogP contribution is -2.37. The van der Waals surface area contributed by atoms with Crippen LogP contribution in [0.5, 0.6) is 0 Å². The lowest BCUT2D eigenvalue weighted by molar-refractivity contribution is 0.0732. The van der Waals surface area contributed by atoms with Crippen molar-refractivity contribution in [2.75, 3.05) is 6.54 Å². The Balaban J connectivity index is 1.37. The van der Waals surface area contributed by atoms with Gasteiger partial charge in [0.25, 0.3) is 5.91 Å². The highest BCUT2D eigenvalue weighted by atomic mass is 16.3. The van der Waals surface area contributed by atoms with Gasteiger partial charge < -0.3 is 9.32 Å². The van der Waals surface area contributed by atoms with Crippen LogP contribution in [0.15, 0.2) is 63.9 Å². The second-order valence-electron chi connectivity index (χ2n) is 9.73. The fourth-order valence-electron chi connectivity index (χ4n) is 4.46. The number of rotatable bonds is 2. The zero-order valence-corrected chi connectivity index (χ0v) is 19.4. The Hall–Kier alpha value is -3.67. The van der Waals surface area contributed by atoms with Crippen molar-refractivity contribution in [3.05, 3.63) is 87.3 Å². The van der Waals surface area contributed by atoms with E-state index in [1.54, 1.807) is 12.1 Å². The quantitative estimate of drug-likeness (QED) is 0.443. The normalized spacial score (nSPS) is 13.9. The zero-order valence-electron chi connectivity index (χ0n) is 19.4. The molecule has 3 heterocycles. The van der Waals surface area contributed by atoms with Crippen LogP contribution in [0.3, 0.4) is 0 Å². The Kier molecular flexibility index (Phi) is 4.96.